The lowest BCUT2D eigenvalue weighted by atomic mass is 10.1. The van der Waals surface area contributed by atoms with Gasteiger partial charge in [-0.2, -0.15) is 0 Å². The minimum atomic E-state index is -0.622. The van der Waals surface area contributed by atoms with Crippen LogP contribution >= 0.6 is 11.6 Å². The van der Waals surface area contributed by atoms with Gasteiger partial charge in [-0.15, -0.1) is 0 Å². The molecule has 0 fully saturated rings. The molecule has 82 valence electrons. The summed E-state index contributed by atoms with van der Waals surface area (Å²) in [5.74, 6) is -0.377. The van der Waals surface area contributed by atoms with Gasteiger partial charge in [-0.05, 0) is 31.0 Å². The summed E-state index contributed by atoms with van der Waals surface area (Å²) in [7, 11) is 0. The molecule has 1 aromatic carbocycles. The van der Waals surface area contributed by atoms with Crippen LogP contribution in [-0.2, 0) is 16.0 Å². The van der Waals surface area contributed by atoms with E-state index in [9.17, 15) is 4.79 Å². The van der Waals surface area contributed by atoms with Gasteiger partial charge in [0, 0.05) is 5.02 Å². The molecule has 0 aliphatic carbocycles. The summed E-state index contributed by atoms with van der Waals surface area (Å²) >= 11 is 5.81. The Morgan fingerprint density at radius 1 is 1.60 bits per heavy atom. The van der Waals surface area contributed by atoms with Crippen molar-refractivity contribution in [2.45, 2.75) is 19.4 Å². The number of ether oxygens (including phenoxy) is 1. The molecular weight excluding hydrogens is 214 g/mol. The predicted molar refractivity (Wildman–Crippen MR) is 59.8 cm³/mol. The average molecular weight is 228 g/mol. The Kier molecular flexibility index (Phi) is 4.59. The first kappa shape index (κ1) is 12.0. The van der Waals surface area contributed by atoms with Crippen LogP contribution in [0.5, 0.6) is 0 Å². The Bertz CT molecular complexity index is 341. The van der Waals surface area contributed by atoms with Gasteiger partial charge in [0.2, 0.25) is 0 Å². The summed E-state index contributed by atoms with van der Waals surface area (Å²) < 4.78 is 4.81. The van der Waals surface area contributed by atoms with E-state index in [2.05, 4.69) is 0 Å². The molecular formula is C11H14ClNO2. The smallest absolute Gasteiger partial charge is 0.323 e. The third kappa shape index (κ3) is 3.90. The number of nitrogens with two attached hydrogens (primary N) is 1. The maximum absolute atomic E-state index is 11.3. The molecule has 15 heavy (non-hydrogen) atoms. The zero-order chi connectivity index (χ0) is 11.3. The molecule has 1 aromatic rings. The number of hydrogen-bond donors (Lipinski definition) is 1. The fraction of sp³-hybridized carbons (Fsp3) is 0.364. The summed E-state index contributed by atoms with van der Waals surface area (Å²) in [6.45, 7) is 2.10. The SMILES string of the molecule is CCOC(=O)C(N)Cc1cccc(Cl)c1. The van der Waals surface area contributed by atoms with Gasteiger partial charge in [-0.1, -0.05) is 23.7 Å². The third-order valence-electron chi connectivity index (χ3n) is 1.93. The number of halogens is 1. The lowest BCUT2D eigenvalue weighted by Crippen LogP contribution is -2.34. The Balaban J connectivity index is 2.58. The molecule has 0 aliphatic heterocycles. The fourth-order valence-electron chi connectivity index (χ4n) is 1.25. The van der Waals surface area contributed by atoms with Crippen molar-refractivity contribution < 1.29 is 9.53 Å². The first-order valence-electron chi connectivity index (χ1n) is 4.80. The highest BCUT2D eigenvalue weighted by atomic mass is 35.5. The minimum Gasteiger partial charge on any atom is -0.465 e. The van der Waals surface area contributed by atoms with E-state index in [4.69, 9.17) is 22.1 Å². The molecule has 4 heteroatoms. The highest BCUT2D eigenvalue weighted by Crippen LogP contribution is 2.12. The lowest BCUT2D eigenvalue weighted by molar-refractivity contribution is -0.144. The average Bonchev–Trinajstić information content (AvgIpc) is 2.18. The van der Waals surface area contributed by atoms with Gasteiger partial charge in [0.1, 0.15) is 6.04 Å². The van der Waals surface area contributed by atoms with Gasteiger partial charge in [0.15, 0.2) is 0 Å². The van der Waals surface area contributed by atoms with Crippen LogP contribution in [0.15, 0.2) is 24.3 Å². The van der Waals surface area contributed by atoms with Crippen LogP contribution in [0.1, 0.15) is 12.5 Å². The summed E-state index contributed by atoms with van der Waals surface area (Å²) in [4.78, 5) is 11.3. The van der Waals surface area contributed by atoms with Crippen molar-refractivity contribution in [3.63, 3.8) is 0 Å². The standard InChI is InChI=1S/C11H14ClNO2/c1-2-15-11(14)10(13)7-8-4-3-5-9(12)6-8/h3-6,10H,2,7,13H2,1H3. The first-order valence-corrected chi connectivity index (χ1v) is 5.18. The molecule has 0 saturated carbocycles. The summed E-state index contributed by atoms with van der Waals surface area (Å²) in [5, 5.41) is 0.642. The van der Waals surface area contributed by atoms with E-state index in [1.165, 1.54) is 0 Å². The van der Waals surface area contributed by atoms with Crippen molar-refractivity contribution in [2.24, 2.45) is 5.73 Å². The minimum absolute atomic E-state index is 0.349. The van der Waals surface area contributed by atoms with E-state index < -0.39 is 6.04 Å². The molecule has 0 saturated heterocycles. The summed E-state index contributed by atoms with van der Waals surface area (Å²) in [6.07, 6.45) is 0.444. The number of carbonyl (C=O) groups is 1. The molecule has 0 bridgehead atoms. The van der Waals surface area contributed by atoms with Crippen LogP contribution in [-0.4, -0.2) is 18.6 Å². The Labute approximate surface area is 94.2 Å². The highest BCUT2D eigenvalue weighted by molar-refractivity contribution is 6.30. The number of esters is 1. The molecule has 1 rings (SSSR count). The second kappa shape index (κ2) is 5.73. The van der Waals surface area contributed by atoms with Gasteiger partial charge in [0.05, 0.1) is 6.61 Å². The van der Waals surface area contributed by atoms with Crippen molar-refractivity contribution >= 4 is 17.6 Å². The van der Waals surface area contributed by atoms with Crippen LogP contribution in [0.25, 0.3) is 0 Å². The second-order valence-corrected chi connectivity index (χ2v) is 3.63. The van der Waals surface area contributed by atoms with E-state index in [0.717, 1.165) is 5.56 Å². The van der Waals surface area contributed by atoms with Crippen LogP contribution < -0.4 is 5.73 Å². The fourth-order valence-corrected chi connectivity index (χ4v) is 1.46. The number of carbonyl (C=O) groups excluding carboxylic acids is 1. The van der Waals surface area contributed by atoms with Crippen LogP contribution in [0.3, 0.4) is 0 Å². The van der Waals surface area contributed by atoms with Crippen molar-refractivity contribution in [3.8, 4) is 0 Å². The normalized spacial score (nSPS) is 12.2. The quantitative estimate of drug-likeness (QED) is 0.798. The molecule has 0 aliphatic rings. The molecule has 0 heterocycles. The topological polar surface area (TPSA) is 52.3 Å². The van der Waals surface area contributed by atoms with Crippen molar-refractivity contribution in [3.05, 3.63) is 34.9 Å². The maximum Gasteiger partial charge on any atom is 0.323 e. The lowest BCUT2D eigenvalue weighted by Gasteiger charge is -2.10. The third-order valence-corrected chi connectivity index (χ3v) is 2.17. The summed E-state index contributed by atoms with van der Waals surface area (Å²) in [6, 6.07) is 6.66. The molecule has 0 aromatic heterocycles. The predicted octanol–water partition coefficient (Wildman–Crippen LogP) is 1.77. The molecule has 3 nitrogen and oxygen atoms in total. The first-order chi connectivity index (χ1) is 7.13. The molecule has 0 spiro atoms. The van der Waals surface area contributed by atoms with Crippen LogP contribution in [0.2, 0.25) is 5.02 Å². The molecule has 0 radical (unpaired) electrons. The van der Waals surface area contributed by atoms with Gasteiger partial charge in [-0.3, -0.25) is 4.79 Å². The van der Waals surface area contributed by atoms with Crippen LogP contribution in [0.4, 0.5) is 0 Å². The molecule has 2 N–H and O–H groups in total. The van der Waals surface area contributed by atoms with E-state index in [1.807, 2.05) is 12.1 Å². The Morgan fingerprint density at radius 3 is 2.93 bits per heavy atom. The van der Waals surface area contributed by atoms with Crippen molar-refractivity contribution in [1.29, 1.82) is 0 Å². The summed E-state index contributed by atoms with van der Waals surface area (Å²) in [5.41, 5.74) is 6.60. The van der Waals surface area contributed by atoms with E-state index >= 15 is 0 Å². The Hall–Kier alpha value is -1.06. The largest absolute Gasteiger partial charge is 0.465 e. The van der Waals surface area contributed by atoms with Crippen molar-refractivity contribution in [1.82, 2.24) is 0 Å². The maximum atomic E-state index is 11.3. The van der Waals surface area contributed by atoms with Gasteiger partial charge in [0.25, 0.3) is 0 Å². The van der Waals surface area contributed by atoms with E-state index in [0.29, 0.717) is 18.1 Å². The highest BCUT2D eigenvalue weighted by Gasteiger charge is 2.14. The van der Waals surface area contributed by atoms with Gasteiger partial charge in [-0.25, -0.2) is 0 Å². The Morgan fingerprint density at radius 2 is 2.33 bits per heavy atom. The molecule has 1 unspecified atom stereocenters. The number of hydrogen-bond acceptors (Lipinski definition) is 3. The zero-order valence-electron chi connectivity index (χ0n) is 8.57. The number of benzene rings is 1. The van der Waals surface area contributed by atoms with Crippen molar-refractivity contribution in [2.75, 3.05) is 6.61 Å². The van der Waals surface area contributed by atoms with Gasteiger partial charge < -0.3 is 10.5 Å². The molecule has 0 amide bonds. The van der Waals surface area contributed by atoms with Gasteiger partial charge >= 0.3 is 5.97 Å². The number of rotatable bonds is 4. The van der Waals surface area contributed by atoms with E-state index in [-0.39, 0.29) is 5.97 Å². The molecule has 1 atom stereocenters. The zero-order valence-corrected chi connectivity index (χ0v) is 9.33. The monoisotopic (exact) mass is 227 g/mol. The second-order valence-electron chi connectivity index (χ2n) is 3.19. The van der Waals surface area contributed by atoms with E-state index in [1.54, 1.807) is 19.1 Å². The van der Waals surface area contributed by atoms with Crippen LogP contribution in [0, 0.1) is 0 Å².